The van der Waals surface area contributed by atoms with Crippen LogP contribution in [0.15, 0.2) is 42.5 Å². The van der Waals surface area contributed by atoms with Gasteiger partial charge in [-0.25, -0.2) is 0 Å². The first kappa shape index (κ1) is 25.8. The molecule has 0 unspecified atom stereocenters. The van der Waals surface area contributed by atoms with Crippen LogP contribution in [0.3, 0.4) is 0 Å². The molecule has 0 radical (unpaired) electrons. The summed E-state index contributed by atoms with van der Waals surface area (Å²) in [5.41, 5.74) is 6.86. The van der Waals surface area contributed by atoms with Crippen molar-refractivity contribution >= 4 is 0 Å². The number of hydrogen-bond donors (Lipinski definition) is 0. The number of benzene rings is 2. The number of alkyl halides is 3. The second-order valence-electron chi connectivity index (χ2n) is 8.67. The predicted molar refractivity (Wildman–Crippen MR) is 131 cm³/mol. The molecule has 3 rings (SSSR count). The van der Waals surface area contributed by atoms with E-state index in [1.807, 2.05) is 25.8 Å². The van der Waals surface area contributed by atoms with Crippen molar-refractivity contribution in [3.63, 3.8) is 0 Å². The minimum atomic E-state index is -4.38. The quantitative estimate of drug-likeness (QED) is 0.350. The van der Waals surface area contributed by atoms with Crippen molar-refractivity contribution in [1.29, 1.82) is 0 Å². The van der Waals surface area contributed by atoms with E-state index in [1.165, 1.54) is 23.3 Å². The van der Waals surface area contributed by atoms with Gasteiger partial charge in [0.2, 0.25) is 0 Å². The molecule has 0 aliphatic carbocycles. The second kappa shape index (κ2) is 10.6. The number of ether oxygens (including phenoxy) is 1. The van der Waals surface area contributed by atoms with E-state index in [1.54, 1.807) is 13.2 Å². The first-order valence-corrected chi connectivity index (χ1v) is 11.6. The molecule has 34 heavy (non-hydrogen) atoms. The third-order valence-corrected chi connectivity index (χ3v) is 6.32. The highest BCUT2D eigenvalue weighted by molar-refractivity contribution is 5.73. The molecule has 0 spiro atoms. The van der Waals surface area contributed by atoms with Crippen molar-refractivity contribution in [2.45, 2.75) is 59.8 Å². The maximum Gasteiger partial charge on any atom is 0.416 e. The molecule has 3 nitrogen and oxygen atoms in total. The summed E-state index contributed by atoms with van der Waals surface area (Å²) >= 11 is 0. The van der Waals surface area contributed by atoms with Gasteiger partial charge in [-0.05, 0) is 56.5 Å². The fourth-order valence-electron chi connectivity index (χ4n) is 4.62. The summed E-state index contributed by atoms with van der Waals surface area (Å²) < 4.78 is 46.2. The number of pyridine rings is 1. The number of methoxy groups -OCH3 is 1. The average Bonchev–Trinajstić information content (AvgIpc) is 2.80. The van der Waals surface area contributed by atoms with Crippen LogP contribution in [0.5, 0.6) is 5.75 Å². The van der Waals surface area contributed by atoms with E-state index in [-0.39, 0.29) is 12.1 Å². The lowest BCUT2D eigenvalue weighted by atomic mass is 9.91. The van der Waals surface area contributed by atoms with E-state index in [0.717, 1.165) is 52.7 Å². The van der Waals surface area contributed by atoms with Crippen molar-refractivity contribution in [2.75, 3.05) is 14.2 Å². The lowest BCUT2D eigenvalue weighted by Gasteiger charge is -2.24. The van der Waals surface area contributed by atoms with Crippen molar-refractivity contribution in [1.82, 2.24) is 9.88 Å². The Balaban J connectivity index is 2.01. The molecule has 2 aromatic carbocycles. The Morgan fingerprint density at radius 1 is 0.882 bits per heavy atom. The van der Waals surface area contributed by atoms with E-state index in [0.29, 0.717) is 6.54 Å². The summed E-state index contributed by atoms with van der Waals surface area (Å²) in [5.74, 6) is 0.742. The molecular weight excluding hydrogens is 437 g/mol. The molecule has 0 aliphatic rings. The number of rotatable bonds is 8. The maximum atomic E-state index is 13.4. The topological polar surface area (TPSA) is 25.4 Å². The average molecular weight is 471 g/mol. The predicted octanol–water partition coefficient (Wildman–Crippen LogP) is 7.15. The number of halogens is 3. The van der Waals surface area contributed by atoms with Gasteiger partial charge in [-0.2, -0.15) is 13.2 Å². The van der Waals surface area contributed by atoms with Gasteiger partial charge in [0.05, 0.1) is 18.4 Å². The van der Waals surface area contributed by atoms with E-state index in [9.17, 15) is 13.2 Å². The maximum absolute atomic E-state index is 13.4. The zero-order valence-corrected chi connectivity index (χ0v) is 20.8. The number of aryl methyl sites for hydroxylation is 3. The molecule has 0 N–H and O–H groups in total. The monoisotopic (exact) mass is 470 g/mol. The lowest BCUT2D eigenvalue weighted by molar-refractivity contribution is -0.138. The van der Waals surface area contributed by atoms with Crippen molar-refractivity contribution in [2.24, 2.45) is 0 Å². The summed E-state index contributed by atoms with van der Waals surface area (Å²) in [7, 11) is 3.46. The molecule has 0 amide bonds. The summed E-state index contributed by atoms with van der Waals surface area (Å²) in [6.45, 7) is 8.82. The highest BCUT2D eigenvalue weighted by Crippen LogP contribution is 2.38. The van der Waals surface area contributed by atoms with Crippen LogP contribution in [0.2, 0.25) is 0 Å². The van der Waals surface area contributed by atoms with Gasteiger partial charge in [0.1, 0.15) is 5.75 Å². The Morgan fingerprint density at radius 3 is 2.03 bits per heavy atom. The van der Waals surface area contributed by atoms with Crippen LogP contribution < -0.4 is 4.74 Å². The van der Waals surface area contributed by atoms with E-state index >= 15 is 0 Å². The van der Waals surface area contributed by atoms with Gasteiger partial charge >= 0.3 is 6.18 Å². The molecule has 182 valence electrons. The molecule has 1 aromatic heterocycles. The van der Waals surface area contributed by atoms with Gasteiger partial charge in [0, 0.05) is 35.5 Å². The first-order valence-electron chi connectivity index (χ1n) is 11.6. The van der Waals surface area contributed by atoms with Crippen LogP contribution in [0, 0.1) is 13.8 Å². The molecule has 0 aliphatic heterocycles. The largest absolute Gasteiger partial charge is 0.496 e. The van der Waals surface area contributed by atoms with Crippen LogP contribution >= 0.6 is 0 Å². The molecule has 1 heterocycles. The normalized spacial score (nSPS) is 11.8. The smallest absolute Gasteiger partial charge is 0.416 e. The van der Waals surface area contributed by atoms with E-state index < -0.39 is 11.7 Å². The molecule has 6 heteroatoms. The fraction of sp³-hybridized carbons (Fsp3) is 0.393. The Kier molecular flexibility index (Phi) is 8.03. The number of hydrogen-bond acceptors (Lipinski definition) is 3. The van der Waals surface area contributed by atoms with Crippen LogP contribution in [-0.2, 0) is 32.1 Å². The Hall–Kier alpha value is -2.86. The van der Waals surface area contributed by atoms with Crippen LogP contribution in [0.25, 0.3) is 11.3 Å². The highest BCUT2D eigenvalue weighted by atomic mass is 19.4. The molecule has 0 fully saturated rings. The molecule has 0 saturated heterocycles. The van der Waals surface area contributed by atoms with Crippen LogP contribution in [0.4, 0.5) is 13.2 Å². The zero-order valence-electron chi connectivity index (χ0n) is 20.8. The van der Waals surface area contributed by atoms with Gasteiger partial charge in [-0.3, -0.25) is 9.88 Å². The van der Waals surface area contributed by atoms with Crippen LogP contribution in [-0.4, -0.2) is 24.0 Å². The lowest BCUT2D eigenvalue weighted by Crippen LogP contribution is -2.21. The third-order valence-electron chi connectivity index (χ3n) is 6.32. The Morgan fingerprint density at radius 2 is 1.47 bits per heavy atom. The zero-order chi connectivity index (χ0) is 25.0. The number of nitrogens with zero attached hydrogens (tertiary/aromatic N) is 2. The van der Waals surface area contributed by atoms with Gasteiger partial charge in [-0.15, -0.1) is 0 Å². The number of aromatic nitrogens is 1. The summed E-state index contributed by atoms with van der Waals surface area (Å²) in [5, 5.41) is 0. The standard InChI is InChI=1S/C28H33F3N2O/c1-7-20-13-11-14-21(8-2)25(20)26-18(3)27(34-6)23(19(4)32-26)17-33(5)16-22-12-9-10-15-24(22)28(29,30)31/h9-15H,7-8,16-17H2,1-6H3. The molecule has 0 atom stereocenters. The highest BCUT2D eigenvalue weighted by Gasteiger charge is 2.33. The first-order chi connectivity index (χ1) is 16.1. The summed E-state index contributed by atoms with van der Waals surface area (Å²) in [4.78, 5) is 6.87. The van der Waals surface area contributed by atoms with Crippen molar-refractivity contribution in [3.8, 4) is 17.0 Å². The minimum Gasteiger partial charge on any atom is -0.496 e. The van der Waals surface area contributed by atoms with Crippen molar-refractivity contribution in [3.05, 3.63) is 81.5 Å². The Labute approximate surface area is 200 Å². The van der Waals surface area contributed by atoms with Gasteiger partial charge in [-0.1, -0.05) is 50.2 Å². The SMILES string of the molecule is CCc1cccc(CC)c1-c1nc(C)c(CN(C)Cc2ccccc2C(F)(F)F)c(OC)c1C. The minimum absolute atomic E-state index is 0.164. The van der Waals surface area contributed by atoms with Crippen molar-refractivity contribution < 1.29 is 17.9 Å². The summed E-state index contributed by atoms with van der Waals surface area (Å²) in [6, 6.07) is 12.1. The van der Waals surface area contributed by atoms with E-state index in [2.05, 4.69) is 32.0 Å². The van der Waals surface area contributed by atoms with Crippen LogP contribution in [0.1, 0.15) is 52.9 Å². The summed E-state index contributed by atoms with van der Waals surface area (Å²) in [6.07, 6.45) is -2.59. The Bertz CT molecular complexity index is 1130. The molecule has 3 aromatic rings. The second-order valence-corrected chi connectivity index (χ2v) is 8.67. The molecule has 0 bridgehead atoms. The van der Waals surface area contributed by atoms with Gasteiger partial charge in [0.25, 0.3) is 0 Å². The van der Waals surface area contributed by atoms with Gasteiger partial charge < -0.3 is 4.74 Å². The fourth-order valence-corrected chi connectivity index (χ4v) is 4.62. The van der Waals surface area contributed by atoms with E-state index in [4.69, 9.17) is 9.72 Å². The van der Waals surface area contributed by atoms with Gasteiger partial charge in [0.15, 0.2) is 0 Å². The third kappa shape index (κ3) is 5.27. The molecule has 0 saturated carbocycles. The molecular formula is C28H33F3N2O.